The molecule has 1 heterocycles. The zero-order valence-corrected chi connectivity index (χ0v) is 20.3. The highest BCUT2D eigenvalue weighted by molar-refractivity contribution is 5.79. The van der Waals surface area contributed by atoms with Crippen LogP contribution in [0.4, 0.5) is 10.1 Å². The fourth-order valence-corrected chi connectivity index (χ4v) is 4.07. The second-order valence-electron chi connectivity index (χ2n) is 8.35. The van der Waals surface area contributed by atoms with Crippen LogP contribution in [0, 0.1) is 5.82 Å². The molecule has 1 aliphatic rings. The van der Waals surface area contributed by atoms with Gasteiger partial charge in [0.05, 0.1) is 5.69 Å². The van der Waals surface area contributed by atoms with Gasteiger partial charge < -0.3 is 25.3 Å². The first-order chi connectivity index (χ1) is 15.0. The molecular weight excluding hydrogens is 391 g/mol. The second kappa shape index (κ2) is 13.5. The molecule has 2 N–H and O–H groups in total. The van der Waals surface area contributed by atoms with Gasteiger partial charge in [-0.15, -0.1) is 0 Å². The topological polar surface area (TPSA) is 46.1 Å². The maximum atomic E-state index is 14.8. The number of hydrogen-bond donors (Lipinski definition) is 2. The molecule has 0 aliphatic carbocycles. The van der Waals surface area contributed by atoms with Gasteiger partial charge in [-0.2, -0.15) is 0 Å². The predicted molar refractivity (Wildman–Crippen MR) is 131 cm³/mol. The van der Waals surface area contributed by atoms with Crippen molar-refractivity contribution in [3.63, 3.8) is 0 Å². The Labute approximate surface area is 188 Å². The number of aliphatic imine (C=N–C) groups is 1. The molecule has 0 bridgehead atoms. The van der Waals surface area contributed by atoms with E-state index in [1.54, 1.807) is 13.1 Å². The summed E-state index contributed by atoms with van der Waals surface area (Å²) in [6.45, 7) is 17.5. The van der Waals surface area contributed by atoms with Crippen LogP contribution >= 0.6 is 0 Å². The van der Waals surface area contributed by atoms with Crippen LogP contribution in [-0.4, -0.2) is 81.2 Å². The number of benzene rings is 1. The summed E-state index contributed by atoms with van der Waals surface area (Å²) < 4.78 is 14.8. The third-order valence-electron chi connectivity index (χ3n) is 6.24. The Hall–Kier alpha value is -1.86. The highest BCUT2D eigenvalue weighted by atomic mass is 19.1. The molecule has 7 heteroatoms. The number of nitrogens with one attached hydrogen (secondary N) is 2. The van der Waals surface area contributed by atoms with Gasteiger partial charge >= 0.3 is 0 Å². The number of halogens is 1. The van der Waals surface area contributed by atoms with E-state index in [1.165, 1.54) is 0 Å². The van der Waals surface area contributed by atoms with Gasteiger partial charge in [-0.1, -0.05) is 26.8 Å². The maximum Gasteiger partial charge on any atom is 0.191 e. The van der Waals surface area contributed by atoms with Gasteiger partial charge in [0.25, 0.3) is 0 Å². The largest absolute Gasteiger partial charge is 0.367 e. The van der Waals surface area contributed by atoms with Crippen molar-refractivity contribution in [3.05, 3.63) is 29.6 Å². The van der Waals surface area contributed by atoms with E-state index < -0.39 is 0 Å². The normalized spacial score (nSPS) is 16.6. The summed E-state index contributed by atoms with van der Waals surface area (Å²) in [5.74, 6) is 0.618. The number of rotatable bonds is 11. The molecule has 2 rings (SSSR count). The van der Waals surface area contributed by atoms with Crippen LogP contribution in [0.1, 0.15) is 46.1 Å². The maximum absolute atomic E-state index is 14.8. The van der Waals surface area contributed by atoms with Crippen molar-refractivity contribution in [2.24, 2.45) is 4.99 Å². The number of guanidine groups is 1. The molecule has 0 aromatic heterocycles. The minimum Gasteiger partial charge on any atom is -0.367 e. The lowest BCUT2D eigenvalue weighted by Gasteiger charge is -2.35. The quantitative estimate of drug-likeness (QED) is 0.414. The molecule has 176 valence electrons. The molecule has 1 atom stereocenters. The molecule has 0 spiro atoms. The molecule has 0 radical (unpaired) electrons. The lowest BCUT2D eigenvalue weighted by molar-refractivity contribution is 0.270. The monoisotopic (exact) mass is 434 g/mol. The van der Waals surface area contributed by atoms with E-state index in [9.17, 15) is 4.39 Å². The zero-order valence-electron chi connectivity index (χ0n) is 20.3. The molecule has 31 heavy (non-hydrogen) atoms. The Kier molecular flexibility index (Phi) is 11.1. The highest BCUT2D eigenvalue weighted by Gasteiger charge is 2.18. The zero-order chi connectivity index (χ0) is 22.6. The van der Waals surface area contributed by atoms with Crippen LogP contribution in [0.25, 0.3) is 0 Å². The summed E-state index contributed by atoms with van der Waals surface area (Å²) in [6.07, 6.45) is 2.25. The molecule has 0 amide bonds. The smallest absolute Gasteiger partial charge is 0.191 e. The van der Waals surface area contributed by atoms with Crippen LogP contribution in [0.5, 0.6) is 0 Å². The third kappa shape index (κ3) is 8.30. The van der Waals surface area contributed by atoms with Crippen molar-refractivity contribution >= 4 is 11.6 Å². The van der Waals surface area contributed by atoms with Crippen molar-refractivity contribution < 1.29 is 4.39 Å². The third-order valence-corrected chi connectivity index (χ3v) is 6.24. The van der Waals surface area contributed by atoms with Crippen molar-refractivity contribution in [2.45, 2.75) is 53.1 Å². The first-order valence-corrected chi connectivity index (χ1v) is 12.0. The van der Waals surface area contributed by atoms with Gasteiger partial charge in [0.1, 0.15) is 5.82 Å². The lowest BCUT2D eigenvalue weighted by atomic mass is 10.1. The summed E-state index contributed by atoms with van der Waals surface area (Å²) in [4.78, 5) is 11.3. The van der Waals surface area contributed by atoms with E-state index in [2.05, 4.69) is 58.0 Å². The minimum absolute atomic E-state index is 0.142. The van der Waals surface area contributed by atoms with Crippen LogP contribution in [-0.2, 0) is 6.54 Å². The Morgan fingerprint density at radius 3 is 2.45 bits per heavy atom. The Morgan fingerprint density at radius 2 is 1.87 bits per heavy atom. The number of nitrogens with zero attached hydrogens (tertiary/aromatic N) is 4. The van der Waals surface area contributed by atoms with Crippen molar-refractivity contribution in [1.82, 2.24) is 20.4 Å². The number of piperazine rings is 1. The first kappa shape index (κ1) is 25.4. The summed E-state index contributed by atoms with van der Waals surface area (Å²) in [5, 5.41) is 6.77. The molecule has 1 saturated heterocycles. The second-order valence-corrected chi connectivity index (χ2v) is 8.35. The van der Waals surface area contributed by atoms with Gasteiger partial charge in [0.15, 0.2) is 5.96 Å². The summed E-state index contributed by atoms with van der Waals surface area (Å²) in [7, 11) is 1.78. The molecule has 1 aliphatic heterocycles. The van der Waals surface area contributed by atoms with Gasteiger partial charge in [0, 0.05) is 45.8 Å². The van der Waals surface area contributed by atoms with Crippen LogP contribution in [0.3, 0.4) is 0 Å². The molecule has 1 aromatic rings. The van der Waals surface area contributed by atoms with E-state index in [0.29, 0.717) is 18.3 Å². The van der Waals surface area contributed by atoms with E-state index in [1.807, 2.05) is 12.1 Å². The minimum atomic E-state index is -0.142. The number of anilines is 1. The van der Waals surface area contributed by atoms with E-state index >= 15 is 0 Å². The van der Waals surface area contributed by atoms with E-state index in [-0.39, 0.29) is 5.82 Å². The first-order valence-electron chi connectivity index (χ1n) is 12.0. The summed E-state index contributed by atoms with van der Waals surface area (Å²) in [6, 6.07) is 5.91. The van der Waals surface area contributed by atoms with Gasteiger partial charge in [-0.05, 0) is 63.6 Å². The molecule has 6 nitrogen and oxygen atoms in total. The molecule has 1 aromatic carbocycles. The molecular formula is C24H43FN6. The van der Waals surface area contributed by atoms with Crippen molar-refractivity contribution in [3.8, 4) is 0 Å². The van der Waals surface area contributed by atoms with E-state index in [4.69, 9.17) is 0 Å². The van der Waals surface area contributed by atoms with Crippen LogP contribution in [0.2, 0.25) is 0 Å². The fourth-order valence-electron chi connectivity index (χ4n) is 4.07. The highest BCUT2D eigenvalue weighted by Crippen LogP contribution is 2.22. The van der Waals surface area contributed by atoms with Gasteiger partial charge in [-0.25, -0.2) is 4.39 Å². The Morgan fingerprint density at radius 1 is 1.16 bits per heavy atom. The Balaban J connectivity index is 1.79. The number of hydrogen-bond acceptors (Lipinski definition) is 4. The van der Waals surface area contributed by atoms with Crippen LogP contribution in [0.15, 0.2) is 23.2 Å². The molecule has 1 fully saturated rings. The lowest BCUT2D eigenvalue weighted by Crippen LogP contribution is -2.46. The van der Waals surface area contributed by atoms with Crippen LogP contribution < -0.4 is 15.5 Å². The molecule has 0 saturated carbocycles. The predicted octanol–water partition coefficient (Wildman–Crippen LogP) is 3.14. The van der Waals surface area contributed by atoms with Crippen molar-refractivity contribution in [1.29, 1.82) is 0 Å². The average molecular weight is 435 g/mol. The van der Waals surface area contributed by atoms with Gasteiger partial charge in [-0.3, -0.25) is 4.99 Å². The summed E-state index contributed by atoms with van der Waals surface area (Å²) in [5.41, 5.74) is 1.63. The van der Waals surface area contributed by atoms with Crippen molar-refractivity contribution in [2.75, 3.05) is 64.3 Å². The fraction of sp³-hybridized carbons (Fsp3) is 0.708. The number of likely N-dealkylation sites (N-methyl/N-ethyl adjacent to an activating group) is 1. The standard InChI is InChI=1S/C24H43FN6/c1-6-29(7-2)13-9-10-20(4)28-24(26-5)27-19-21-11-12-23(22(25)18-21)31-16-14-30(8-3)15-17-31/h11-12,18,20H,6-10,13-17,19H2,1-5H3,(H2,26,27,28). The SMILES string of the molecule is CCN(CC)CCCC(C)NC(=NC)NCc1ccc(N2CCN(CC)CC2)c(F)c1. The summed E-state index contributed by atoms with van der Waals surface area (Å²) >= 11 is 0. The Bertz CT molecular complexity index is 668. The van der Waals surface area contributed by atoms with Gasteiger partial charge in [0.2, 0.25) is 0 Å². The average Bonchev–Trinajstić information content (AvgIpc) is 2.79. The molecule has 1 unspecified atom stereocenters. The van der Waals surface area contributed by atoms with E-state index in [0.717, 1.165) is 76.7 Å².